The zero-order valence-electron chi connectivity index (χ0n) is 7.01. The van der Waals surface area contributed by atoms with Crippen molar-refractivity contribution < 1.29 is 9.63 Å². The van der Waals surface area contributed by atoms with E-state index in [1.165, 1.54) is 11.1 Å². The van der Waals surface area contributed by atoms with Crippen LogP contribution in [0.25, 0.3) is 0 Å². The second kappa shape index (κ2) is 3.41. The van der Waals surface area contributed by atoms with Gasteiger partial charge < -0.3 is 0 Å². The third-order valence-corrected chi connectivity index (χ3v) is 1.75. The summed E-state index contributed by atoms with van der Waals surface area (Å²) in [6.45, 7) is 0.445. The lowest BCUT2D eigenvalue weighted by Gasteiger charge is -2.22. The second-order valence-electron chi connectivity index (χ2n) is 2.67. The van der Waals surface area contributed by atoms with Gasteiger partial charge in [-0.1, -0.05) is 24.3 Å². The Balaban J connectivity index is 2.27. The molecule has 0 radical (unpaired) electrons. The molecule has 0 spiro atoms. The second-order valence-corrected chi connectivity index (χ2v) is 2.67. The zero-order chi connectivity index (χ0) is 9.10. The van der Waals surface area contributed by atoms with Crippen LogP contribution in [0.5, 0.6) is 0 Å². The molecule has 0 aromatic heterocycles. The average Bonchev–Trinajstić information content (AvgIpc) is 2.20. The average molecular weight is 175 g/mol. The molecule has 3 heteroatoms. The van der Waals surface area contributed by atoms with Crippen LogP contribution in [0.2, 0.25) is 0 Å². The monoisotopic (exact) mass is 175 g/mol. The molecular formula is C10H9NO2. The SMILES string of the molecule is O=C1C=CCON1c1ccccc1. The van der Waals surface area contributed by atoms with E-state index in [1.807, 2.05) is 30.3 Å². The standard InChI is InChI=1S/C10H9NO2/c12-10-7-4-8-13-11(10)9-5-2-1-3-6-9/h1-7H,8H2. The van der Waals surface area contributed by atoms with E-state index in [0.717, 1.165) is 5.69 Å². The first-order valence-electron chi connectivity index (χ1n) is 4.06. The van der Waals surface area contributed by atoms with E-state index in [0.29, 0.717) is 6.61 Å². The molecular weight excluding hydrogens is 166 g/mol. The number of hydroxylamine groups is 1. The molecule has 0 unspecified atom stereocenters. The highest BCUT2D eigenvalue weighted by Crippen LogP contribution is 2.15. The lowest BCUT2D eigenvalue weighted by Crippen LogP contribution is -2.32. The Bertz CT molecular complexity index is 332. The van der Waals surface area contributed by atoms with Gasteiger partial charge >= 0.3 is 0 Å². The largest absolute Gasteiger partial charge is 0.274 e. The number of hydrogen-bond acceptors (Lipinski definition) is 2. The highest BCUT2D eigenvalue weighted by atomic mass is 16.7. The smallest absolute Gasteiger partial charge is 0.267 e. The number of carbonyl (C=O) groups excluding carboxylic acids is 1. The minimum Gasteiger partial charge on any atom is -0.267 e. The van der Waals surface area contributed by atoms with Gasteiger partial charge in [-0.3, -0.25) is 9.63 Å². The van der Waals surface area contributed by atoms with E-state index in [9.17, 15) is 4.79 Å². The fourth-order valence-corrected chi connectivity index (χ4v) is 1.16. The predicted octanol–water partition coefficient (Wildman–Crippen LogP) is 1.52. The van der Waals surface area contributed by atoms with Gasteiger partial charge in [0.15, 0.2) is 0 Å². The Morgan fingerprint density at radius 1 is 1.23 bits per heavy atom. The van der Waals surface area contributed by atoms with Crippen LogP contribution in [-0.4, -0.2) is 12.5 Å². The predicted molar refractivity (Wildman–Crippen MR) is 49.0 cm³/mol. The maximum absolute atomic E-state index is 11.3. The summed E-state index contributed by atoms with van der Waals surface area (Å²) in [5.74, 6) is -0.141. The summed E-state index contributed by atoms with van der Waals surface area (Å²) in [4.78, 5) is 16.5. The molecule has 1 aromatic carbocycles. The Kier molecular flexibility index (Phi) is 2.10. The minimum atomic E-state index is -0.141. The number of carbonyl (C=O) groups is 1. The Labute approximate surface area is 76.2 Å². The van der Waals surface area contributed by atoms with Gasteiger partial charge in [0.2, 0.25) is 0 Å². The van der Waals surface area contributed by atoms with E-state index >= 15 is 0 Å². The van der Waals surface area contributed by atoms with Crippen molar-refractivity contribution in [3.63, 3.8) is 0 Å². The lowest BCUT2D eigenvalue weighted by molar-refractivity contribution is -0.121. The van der Waals surface area contributed by atoms with Crippen LogP contribution < -0.4 is 5.06 Å². The summed E-state index contributed by atoms with van der Waals surface area (Å²) in [7, 11) is 0. The van der Waals surface area contributed by atoms with Crippen LogP contribution >= 0.6 is 0 Å². The normalized spacial score (nSPS) is 16.3. The third kappa shape index (κ3) is 1.60. The maximum Gasteiger partial charge on any atom is 0.274 e. The van der Waals surface area contributed by atoms with Gasteiger partial charge in [-0.15, -0.1) is 0 Å². The summed E-state index contributed by atoms with van der Waals surface area (Å²) in [6.07, 6.45) is 3.21. The summed E-state index contributed by atoms with van der Waals surface area (Å²) in [6, 6.07) is 9.29. The first kappa shape index (κ1) is 8.01. The number of amides is 1. The van der Waals surface area contributed by atoms with Crippen molar-refractivity contribution in [2.24, 2.45) is 0 Å². The molecule has 3 nitrogen and oxygen atoms in total. The van der Waals surface area contributed by atoms with Crippen LogP contribution in [0.1, 0.15) is 0 Å². The van der Waals surface area contributed by atoms with E-state index in [2.05, 4.69) is 0 Å². The van der Waals surface area contributed by atoms with Crippen molar-refractivity contribution >= 4 is 11.6 Å². The van der Waals surface area contributed by atoms with E-state index < -0.39 is 0 Å². The van der Waals surface area contributed by atoms with Crippen molar-refractivity contribution in [2.75, 3.05) is 11.7 Å². The van der Waals surface area contributed by atoms with E-state index in [4.69, 9.17) is 4.84 Å². The van der Waals surface area contributed by atoms with E-state index in [-0.39, 0.29) is 5.91 Å². The lowest BCUT2D eigenvalue weighted by atomic mass is 10.3. The fraction of sp³-hybridized carbons (Fsp3) is 0.100. The van der Waals surface area contributed by atoms with Gasteiger partial charge in [-0.25, -0.2) is 0 Å². The van der Waals surface area contributed by atoms with Crippen LogP contribution in [0.3, 0.4) is 0 Å². The zero-order valence-corrected chi connectivity index (χ0v) is 7.01. The first-order valence-corrected chi connectivity index (χ1v) is 4.06. The minimum absolute atomic E-state index is 0.141. The van der Waals surface area contributed by atoms with Crippen LogP contribution in [0, 0.1) is 0 Å². The molecule has 0 fully saturated rings. The molecule has 1 aliphatic rings. The molecule has 1 heterocycles. The van der Waals surface area contributed by atoms with Gasteiger partial charge in [0, 0.05) is 6.08 Å². The van der Waals surface area contributed by atoms with Gasteiger partial charge in [-0.05, 0) is 12.1 Å². The maximum atomic E-state index is 11.3. The highest BCUT2D eigenvalue weighted by Gasteiger charge is 2.15. The first-order chi connectivity index (χ1) is 6.38. The summed E-state index contributed by atoms with van der Waals surface area (Å²) in [5.41, 5.74) is 0.761. The number of nitrogens with zero attached hydrogens (tertiary/aromatic N) is 1. The Morgan fingerprint density at radius 2 is 2.00 bits per heavy atom. The molecule has 0 bridgehead atoms. The number of anilines is 1. The van der Waals surface area contributed by atoms with Crippen molar-refractivity contribution in [1.82, 2.24) is 0 Å². The number of para-hydroxylation sites is 1. The van der Waals surface area contributed by atoms with Gasteiger partial charge in [-0.2, -0.15) is 5.06 Å². The molecule has 2 rings (SSSR count). The molecule has 13 heavy (non-hydrogen) atoms. The summed E-state index contributed by atoms with van der Waals surface area (Å²) < 4.78 is 0. The fourth-order valence-electron chi connectivity index (χ4n) is 1.16. The molecule has 0 saturated carbocycles. The van der Waals surface area contributed by atoms with Crippen LogP contribution in [0.15, 0.2) is 42.5 Å². The molecule has 0 atom stereocenters. The van der Waals surface area contributed by atoms with Crippen LogP contribution in [0.4, 0.5) is 5.69 Å². The molecule has 0 N–H and O–H groups in total. The Morgan fingerprint density at radius 3 is 2.69 bits per heavy atom. The van der Waals surface area contributed by atoms with Gasteiger partial charge in [0.05, 0.1) is 12.3 Å². The van der Waals surface area contributed by atoms with Gasteiger partial charge in [0.1, 0.15) is 0 Å². The number of benzene rings is 1. The highest BCUT2D eigenvalue weighted by molar-refractivity contribution is 6.00. The topological polar surface area (TPSA) is 29.5 Å². The van der Waals surface area contributed by atoms with Crippen molar-refractivity contribution in [3.8, 4) is 0 Å². The molecule has 1 aliphatic heterocycles. The van der Waals surface area contributed by atoms with Crippen LogP contribution in [-0.2, 0) is 9.63 Å². The van der Waals surface area contributed by atoms with Gasteiger partial charge in [0.25, 0.3) is 5.91 Å². The molecule has 1 aromatic rings. The molecule has 1 amide bonds. The quantitative estimate of drug-likeness (QED) is 0.647. The molecule has 0 saturated heterocycles. The number of rotatable bonds is 1. The summed E-state index contributed by atoms with van der Waals surface area (Å²) in [5, 5.41) is 1.29. The molecule has 0 aliphatic carbocycles. The Hall–Kier alpha value is -1.61. The third-order valence-electron chi connectivity index (χ3n) is 1.75. The molecule has 66 valence electrons. The van der Waals surface area contributed by atoms with E-state index in [1.54, 1.807) is 6.08 Å². The number of hydrogen-bond donors (Lipinski definition) is 0. The van der Waals surface area contributed by atoms with Crippen molar-refractivity contribution in [3.05, 3.63) is 42.5 Å². The van der Waals surface area contributed by atoms with Crippen molar-refractivity contribution in [1.29, 1.82) is 0 Å². The summed E-state index contributed by atoms with van der Waals surface area (Å²) >= 11 is 0. The van der Waals surface area contributed by atoms with Crippen molar-refractivity contribution in [2.45, 2.75) is 0 Å².